The first kappa shape index (κ1) is 15.0. The highest BCUT2D eigenvalue weighted by Gasteiger charge is 2.07. The molecular weight excluding hydrogens is 248 g/mol. The molecule has 0 fully saturated rings. The number of carboxylic acids is 1. The fourth-order valence-electron chi connectivity index (χ4n) is 1.52. The van der Waals surface area contributed by atoms with Gasteiger partial charge in [0.25, 0.3) is 0 Å². The Kier molecular flexibility index (Phi) is 5.81. The zero-order valence-electron chi connectivity index (χ0n) is 11.0. The molecule has 104 valence electrons. The van der Waals surface area contributed by atoms with Crippen molar-refractivity contribution in [2.24, 2.45) is 0 Å². The summed E-state index contributed by atoms with van der Waals surface area (Å²) in [4.78, 5) is 22.3. The van der Waals surface area contributed by atoms with Gasteiger partial charge in [0.1, 0.15) is 0 Å². The van der Waals surface area contributed by atoms with Gasteiger partial charge in [0.05, 0.1) is 5.56 Å². The molecule has 2 amide bonds. The Labute approximate surface area is 111 Å². The smallest absolute Gasteiger partial charge is 0.335 e. The molecule has 6 nitrogen and oxygen atoms in total. The van der Waals surface area contributed by atoms with Crippen LogP contribution < -0.4 is 10.6 Å². The highest BCUT2D eigenvalue weighted by atomic mass is 16.5. The number of anilines is 1. The second-order valence-corrected chi connectivity index (χ2v) is 4.06. The van der Waals surface area contributed by atoms with E-state index in [4.69, 9.17) is 9.84 Å². The summed E-state index contributed by atoms with van der Waals surface area (Å²) in [5.74, 6) is -0.987. The molecule has 0 heterocycles. The predicted octanol–water partition coefficient (Wildman–Crippen LogP) is 1.85. The maximum Gasteiger partial charge on any atom is 0.335 e. The molecule has 0 saturated heterocycles. The van der Waals surface area contributed by atoms with Crippen molar-refractivity contribution in [2.45, 2.75) is 13.3 Å². The monoisotopic (exact) mass is 266 g/mol. The second kappa shape index (κ2) is 7.38. The number of carboxylic acid groups (broad SMARTS) is 1. The fraction of sp³-hybridized carbons (Fsp3) is 0.385. The van der Waals surface area contributed by atoms with Crippen LogP contribution in [0.5, 0.6) is 0 Å². The molecule has 0 aromatic heterocycles. The maximum absolute atomic E-state index is 11.6. The SMILES string of the molecule is COCCCNC(=O)Nc1ccc(C(=O)O)cc1C. The molecular formula is C13H18N2O4. The van der Waals surface area contributed by atoms with Crippen molar-refractivity contribution in [2.75, 3.05) is 25.6 Å². The minimum Gasteiger partial charge on any atom is -0.478 e. The number of ether oxygens (including phenoxy) is 1. The Morgan fingerprint density at radius 3 is 2.68 bits per heavy atom. The van der Waals surface area contributed by atoms with Crippen LogP contribution in [0.4, 0.5) is 10.5 Å². The van der Waals surface area contributed by atoms with Crippen molar-refractivity contribution in [3.8, 4) is 0 Å². The topological polar surface area (TPSA) is 87.7 Å². The van der Waals surface area contributed by atoms with Crippen LogP contribution >= 0.6 is 0 Å². The number of hydrogen-bond acceptors (Lipinski definition) is 3. The number of hydrogen-bond donors (Lipinski definition) is 3. The average molecular weight is 266 g/mol. The maximum atomic E-state index is 11.6. The number of nitrogens with one attached hydrogen (secondary N) is 2. The Morgan fingerprint density at radius 1 is 1.37 bits per heavy atom. The summed E-state index contributed by atoms with van der Waals surface area (Å²) < 4.78 is 4.87. The van der Waals surface area contributed by atoms with Crippen molar-refractivity contribution in [1.29, 1.82) is 0 Å². The van der Waals surface area contributed by atoms with Gasteiger partial charge in [-0.2, -0.15) is 0 Å². The van der Waals surface area contributed by atoms with Gasteiger partial charge in [0, 0.05) is 25.9 Å². The van der Waals surface area contributed by atoms with E-state index in [1.54, 1.807) is 20.1 Å². The molecule has 19 heavy (non-hydrogen) atoms. The van der Waals surface area contributed by atoms with Crippen LogP contribution in [0.3, 0.4) is 0 Å². The summed E-state index contributed by atoms with van der Waals surface area (Å²) >= 11 is 0. The van der Waals surface area contributed by atoms with Crippen molar-refractivity contribution < 1.29 is 19.4 Å². The second-order valence-electron chi connectivity index (χ2n) is 4.06. The highest BCUT2D eigenvalue weighted by Crippen LogP contribution is 2.16. The predicted molar refractivity (Wildman–Crippen MR) is 71.7 cm³/mol. The molecule has 0 atom stereocenters. The zero-order chi connectivity index (χ0) is 14.3. The number of aromatic carboxylic acids is 1. The lowest BCUT2D eigenvalue weighted by atomic mass is 10.1. The zero-order valence-corrected chi connectivity index (χ0v) is 11.0. The van der Waals surface area contributed by atoms with Crippen LogP contribution in [-0.4, -0.2) is 37.4 Å². The van der Waals surface area contributed by atoms with Gasteiger partial charge in [-0.05, 0) is 37.1 Å². The molecule has 0 unspecified atom stereocenters. The van der Waals surface area contributed by atoms with E-state index in [0.717, 1.165) is 6.42 Å². The molecule has 0 radical (unpaired) electrons. The van der Waals surface area contributed by atoms with Gasteiger partial charge in [-0.1, -0.05) is 0 Å². The molecule has 1 aromatic carbocycles. The lowest BCUT2D eigenvalue weighted by Gasteiger charge is -2.10. The lowest BCUT2D eigenvalue weighted by molar-refractivity contribution is 0.0697. The number of methoxy groups -OCH3 is 1. The number of carbonyl (C=O) groups excluding carboxylic acids is 1. The number of amides is 2. The van der Waals surface area contributed by atoms with E-state index in [0.29, 0.717) is 24.4 Å². The van der Waals surface area contributed by atoms with Gasteiger partial charge in [0.15, 0.2) is 0 Å². The van der Waals surface area contributed by atoms with Gasteiger partial charge in [-0.3, -0.25) is 0 Å². The summed E-state index contributed by atoms with van der Waals surface area (Å²) in [5.41, 5.74) is 1.49. The number of benzene rings is 1. The molecule has 1 rings (SSSR count). The van der Waals surface area contributed by atoms with Crippen LogP contribution in [0.1, 0.15) is 22.3 Å². The quantitative estimate of drug-likeness (QED) is 0.686. The normalized spacial score (nSPS) is 10.0. The molecule has 0 aliphatic rings. The molecule has 1 aromatic rings. The summed E-state index contributed by atoms with van der Waals surface area (Å²) in [6, 6.07) is 4.23. The van der Waals surface area contributed by atoms with E-state index in [9.17, 15) is 9.59 Å². The minimum absolute atomic E-state index is 0.198. The van der Waals surface area contributed by atoms with Crippen molar-refractivity contribution >= 4 is 17.7 Å². The molecule has 0 aliphatic carbocycles. The minimum atomic E-state index is -0.987. The number of aryl methyl sites for hydroxylation is 1. The number of carbonyl (C=O) groups is 2. The Hall–Kier alpha value is -2.08. The van der Waals surface area contributed by atoms with Crippen LogP contribution in [0.2, 0.25) is 0 Å². The van der Waals surface area contributed by atoms with Crippen molar-refractivity contribution in [3.63, 3.8) is 0 Å². The van der Waals surface area contributed by atoms with Crippen LogP contribution in [0.15, 0.2) is 18.2 Å². The standard InChI is InChI=1S/C13H18N2O4/c1-9-8-10(12(16)17)4-5-11(9)15-13(18)14-6-3-7-19-2/h4-5,8H,3,6-7H2,1-2H3,(H,16,17)(H2,14,15,18). The fourth-order valence-corrected chi connectivity index (χ4v) is 1.52. The molecule has 0 spiro atoms. The van der Waals surface area contributed by atoms with Crippen molar-refractivity contribution in [1.82, 2.24) is 5.32 Å². The molecule has 6 heteroatoms. The van der Waals surface area contributed by atoms with Crippen LogP contribution in [-0.2, 0) is 4.74 Å². The Morgan fingerprint density at radius 2 is 2.11 bits per heavy atom. The molecule has 0 saturated carbocycles. The van der Waals surface area contributed by atoms with Gasteiger partial charge in [0.2, 0.25) is 0 Å². The summed E-state index contributed by atoms with van der Waals surface area (Å²) in [7, 11) is 1.60. The first-order valence-corrected chi connectivity index (χ1v) is 5.92. The third kappa shape index (κ3) is 4.97. The van der Waals surface area contributed by atoms with E-state index in [1.807, 2.05) is 0 Å². The third-order valence-corrected chi connectivity index (χ3v) is 2.53. The molecule has 3 N–H and O–H groups in total. The summed E-state index contributed by atoms with van der Waals surface area (Å²) in [6.07, 6.45) is 0.737. The molecule has 0 aliphatic heterocycles. The van der Waals surface area contributed by atoms with Gasteiger partial charge in [-0.25, -0.2) is 9.59 Å². The number of urea groups is 1. The van der Waals surface area contributed by atoms with Crippen molar-refractivity contribution in [3.05, 3.63) is 29.3 Å². The summed E-state index contributed by atoms with van der Waals surface area (Å²) in [6.45, 7) is 2.85. The molecule has 0 bridgehead atoms. The Balaban J connectivity index is 2.52. The van der Waals surface area contributed by atoms with Gasteiger partial charge in [-0.15, -0.1) is 0 Å². The van der Waals surface area contributed by atoms with Crippen LogP contribution in [0, 0.1) is 6.92 Å². The van der Waals surface area contributed by atoms with E-state index >= 15 is 0 Å². The Bertz CT molecular complexity index is 460. The number of rotatable bonds is 6. The van der Waals surface area contributed by atoms with Gasteiger partial charge >= 0.3 is 12.0 Å². The van der Waals surface area contributed by atoms with E-state index in [-0.39, 0.29) is 11.6 Å². The first-order valence-electron chi connectivity index (χ1n) is 5.92. The lowest BCUT2D eigenvalue weighted by Crippen LogP contribution is -2.30. The highest BCUT2D eigenvalue weighted by molar-refractivity contribution is 5.92. The third-order valence-electron chi connectivity index (χ3n) is 2.53. The van der Waals surface area contributed by atoms with E-state index in [1.165, 1.54) is 12.1 Å². The van der Waals surface area contributed by atoms with E-state index in [2.05, 4.69) is 10.6 Å². The largest absolute Gasteiger partial charge is 0.478 e. The van der Waals surface area contributed by atoms with Gasteiger partial charge < -0.3 is 20.5 Å². The van der Waals surface area contributed by atoms with E-state index < -0.39 is 5.97 Å². The van der Waals surface area contributed by atoms with Crippen LogP contribution in [0.25, 0.3) is 0 Å². The summed E-state index contributed by atoms with van der Waals surface area (Å²) in [5, 5.41) is 14.2. The average Bonchev–Trinajstić information content (AvgIpc) is 2.37. The first-order chi connectivity index (χ1) is 9.04.